The van der Waals surface area contributed by atoms with Gasteiger partial charge in [0.05, 0.1) is 24.8 Å². The maximum Gasteiger partial charge on any atom is 0.286 e. The largest absolute Gasteiger partial charge is 0.493 e. The minimum Gasteiger partial charge on any atom is -0.493 e. The van der Waals surface area contributed by atoms with Crippen LogP contribution in [0.4, 0.5) is 10.5 Å². The van der Waals surface area contributed by atoms with Crippen LogP contribution in [0.25, 0.3) is 0 Å². The van der Waals surface area contributed by atoms with Crippen LogP contribution >= 0.6 is 11.8 Å². The standard InChI is InChI=1S/C20H25N3O6S2/c1-23(2)20(25)30-18-8-6-5-7-15(18)22-19(24)11-12-21-31(26,27)14-9-10-16(28-3)17(13-14)29-4/h5-10,13,21H,11-12H2,1-4H3,(H,22,24). The maximum atomic E-state index is 12.5. The Kier molecular flexibility index (Phi) is 8.72. The number of carbonyl (C=O) groups is 2. The van der Waals surface area contributed by atoms with E-state index in [1.54, 1.807) is 38.4 Å². The molecule has 0 unspecified atom stereocenters. The summed E-state index contributed by atoms with van der Waals surface area (Å²) in [7, 11) is 2.31. The smallest absolute Gasteiger partial charge is 0.286 e. The summed E-state index contributed by atoms with van der Waals surface area (Å²) in [6.45, 7) is -0.103. The molecule has 0 atom stereocenters. The highest BCUT2D eigenvalue weighted by Crippen LogP contribution is 2.30. The SMILES string of the molecule is COc1ccc(S(=O)(=O)NCCC(=O)Nc2ccccc2SC(=O)N(C)C)cc1OC. The van der Waals surface area contributed by atoms with Crippen molar-refractivity contribution in [3.05, 3.63) is 42.5 Å². The Morgan fingerprint density at radius 3 is 2.35 bits per heavy atom. The molecule has 2 amide bonds. The summed E-state index contributed by atoms with van der Waals surface area (Å²) >= 11 is 0.991. The molecule has 168 valence electrons. The second-order valence-electron chi connectivity index (χ2n) is 6.47. The van der Waals surface area contributed by atoms with Gasteiger partial charge in [0.15, 0.2) is 11.5 Å². The highest BCUT2D eigenvalue weighted by Gasteiger charge is 2.18. The van der Waals surface area contributed by atoms with Gasteiger partial charge in [-0.2, -0.15) is 0 Å². The number of para-hydroxylation sites is 1. The van der Waals surface area contributed by atoms with Gasteiger partial charge in [-0.15, -0.1) is 0 Å². The van der Waals surface area contributed by atoms with Crippen molar-refractivity contribution in [2.24, 2.45) is 0 Å². The molecule has 0 fully saturated rings. The first-order valence-electron chi connectivity index (χ1n) is 9.17. The van der Waals surface area contributed by atoms with E-state index in [4.69, 9.17) is 9.47 Å². The molecule has 0 spiro atoms. The van der Waals surface area contributed by atoms with Gasteiger partial charge in [-0.05, 0) is 36.0 Å². The van der Waals surface area contributed by atoms with Gasteiger partial charge in [0.25, 0.3) is 5.24 Å². The number of ether oxygens (including phenoxy) is 2. The van der Waals surface area contributed by atoms with E-state index < -0.39 is 10.0 Å². The third-order valence-corrected chi connectivity index (χ3v) is 6.61. The highest BCUT2D eigenvalue weighted by molar-refractivity contribution is 8.13. The van der Waals surface area contributed by atoms with E-state index in [1.807, 2.05) is 0 Å². The first-order valence-corrected chi connectivity index (χ1v) is 11.5. The number of carbonyl (C=O) groups excluding carboxylic acids is 2. The van der Waals surface area contributed by atoms with Gasteiger partial charge in [-0.3, -0.25) is 9.59 Å². The number of amides is 2. The summed E-state index contributed by atoms with van der Waals surface area (Å²) in [5.74, 6) is 0.301. The van der Waals surface area contributed by atoms with Gasteiger partial charge < -0.3 is 19.7 Å². The lowest BCUT2D eigenvalue weighted by atomic mass is 10.3. The summed E-state index contributed by atoms with van der Waals surface area (Å²) in [6, 6.07) is 11.1. The van der Waals surface area contributed by atoms with E-state index in [0.29, 0.717) is 16.3 Å². The molecule has 0 aliphatic rings. The van der Waals surface area contributed by atoms with Crippen LogP contribution in [0.3, 0.4) is 0 Å². The van der Waals surface area contributed by atoms with Crippen molar-refractivity contribution in [2.45, 2.75) is 16.2 Å². The van der Waals surface area contributed by atoms with E-state index in [2.05, 4.69) is 10.0 Å². The first kappa shape index (κ1) is 24.5. The number of benzene rings is 2. The normalized spacial score (nSPS) is 11.0. The molecule has 0 aliphatic carbocycles. The van der Waals surface area contributed by atoms with Crippen LogP contribution in [-0.4, -0.2) is 59.3 Å². The van der Waals surface area contributed by atoms with Crippen LogP contribution in [0.5, 0.6) is 11.5 Å². The molecule has 0 radical (unpaired) electrons. The number of nitrogens with zero attached hydrogens (tertiary/aromatic N) is 1. The highest BCUT2D eigenvalue weighted by atomic mass is 32.2. The molecular weight excluding hydrogens is 442 g/mol. The monoisotopic (exact) mass is 467 g/mol. The molecule has 11 heteroatoms. The van der Waals surface area contributed by atoms with E-state index in [-0.39, 0.29) is 34.8 Å². The Balaban J connectivity index is 1.97. The van der Waals surface area contributed by atoms with E-state index in [1.165, 1.54) is 37.3 Å². The van der Waals surface area contributed by atoms with Crippen LogP contribution in [0.2, 0.25) is 0 Å². The Hall–Kier alpha value is -2.76. The van der Waals surface area contributed by atoms with Crippen molar-refractivity contribution in [3.8, 4) is 11.5 Å². The second-order valence-corrected chi connectivity index (χ2v) is 9.23. The van der Waals surface area contributed by atoms with Crippen molar-refractivity contribution < 1.29 is 27.5 Å². The second kappa shape index (κ2) is 11.0. The third-order valence-electron chi connectivity index (χ3n) is 4.03. The Morgan fingerprint density at radius 2 is 1.71 bits per heavy atom. The Morgan fingerprint density at radius 1 is 1.03 bits per heavy atom. The zero-order chi connectivity index (χ0) is 23.0. The van der Waals surface area contributed by atoms with Crippen molar-refractivity contribution in [1.29, 1.82) is 0 Å². The van der Waals surface area contributed by atoms with Gasteiger partial charge in [0.2, 0.25) is 15.9 Å². The van der Waals surface area contributed by atoms with Gasteiger partial charge in [0.1, 0.15) is 0 Å². The maximum absolute atomic E-state index is 12.5. The number of rotatable bonds is 9. The number of anilines is 1. The van der Waals surface area contributed by atoms with Crippen molar-refractivity contribution in [2.75, 3.05) is 40.2 Å². The number of methoxy groups -OCH3 is 2. The molecule has 0 heterocycles. The predicted octanol–water partition coefficient (Wildman–Crippen LogP) is 2.78. The average molecular weight is 468 g/mol. The molecule has 2 N–H and O–H groups in total. The molecule has 2 aromatic carbocycles. The first-order chi connectivity index (χ1) is 14.7. The molecule has 31 heavy (non-hydrogen) atoms. The zero-order valence-electron chi connectivity index (χ0n) is 17.7. The molecule has 9 nitrogen and oxygen atoms in total. The molecule has 2 rings (SSSR count). The molecule has 2 aromatic rings. The van der Waals surface area contributed by atoms with E-state index in [9.17, 15) is 18.0 Å². The van der Waals surface area contributed by atoms with Gasteiger partial charge in [0, 0.05) is 38.0 Å². The minimum absolute atomic E-state index is 0.00509. The number of hydrogen-bond donors (Lipinski definition) is 2. The van der Waals surface area contributed by atoms with Crippen LogP contribution in [0, 0.1) is 0 Å². The van der Waals surface area contributed by atoms with Gasteiger partial charge in [-0.25, -0.2) is 13.1 Å². The molecular formula is C20H25N3O6S2. The lowest BCUT2D eigenvalue weighted by molar-refractivity contribution is -0.116. The van der Waals surface area contributed by atoms with Crippen molar-refractivity contribution in [1.82, 2.24) is 9.62 Å². The topological polar surface area (TPSA) is 114 Å². The molecule has 0 aromatic heterocycles. The Labute approximate surface area is 186 Å². The fraction of sp³-hybridized carbons (Fsp3) is 0.300. The minimum atomic E-state index is -3.84. The number of nitrogens with one attached hydrogen (secondary N) is 2. The number of hydrogen-bond acceptors (Lipinski definition) is 7. The number of thioether (sulfide) groups is 1. The third kappa shape index (κ3) is 6.88. The summed E-state index contributed by atoms with van der Waals surface area (Å²) in [5, 5.41) is 2.54. The summed E-state index contributed by atoms with van der Waals surface area (Å²) in [5.41, 5.74) is 0.482. The summed E-state index contributed by atoms with van der Waals surface area (Å²) in [6.07, 6.45) is -0.0901. The van der Waals surface area contributed by atoms with Gasteiger partial charge >= 0.3 is 0 Å². The average Bonchev–Trinajstić information content (AvgIpc) is 2.74. The number of sulfonamides is 1. The molecule has 0 saturated heterocycles. The molecule has 0 saturated carbocycles. The fourth-order valence-electron chi connectivity index (χ4n) is 2.42. The van der Waals surface area contributed by atoms with Crippen LogP contribution < -0.4 is 19.5 Å². The van der Waals surface area contributed by atoms with Crippen LogP contribution in [0.1, 0.15) is 6.42 Å². The predicted molar refractivity (Wildman–Crippen MR) is 119 cm³/mol. The fourth-order valence-corrected chi connectivity index (χ4v) is 4.22. The lowest BCUT2D eigenvalue weighted by Crippen LogP contribution is -2.28. The van der Waals surface area contributed by atoms with E-state index >= 15 is 0 Å². The molecule has 0 aliphatic heterocycles. The van der Waals surface area contributed by atoms with Crippen LogP contribution in [0.15, 0.2) is 52.3 Å². The quantitative estimate of drug-likeness (QED) is 0.545. The Bertz CT molecular complexity index is 1040. The van der Waals surface area contributed by atoms with Crippen molar-refractivity contribution >= 4 is 38.6 Å². The van der Waals surface area contributed by atoms with Crippen molar-refractivity contribution in [3.63, 3.8) is 0 Å². The van der Waals surface area contributed by atoms with Crippen LogP contribution in [-0.2, 0) is 14.8 Å². The van der Waals surface area contributed by atoms with E-state index in [0.717, 1.165) is 11.8 Å². The summed E-state index contributed by atoms with van der Waals surface area (Å²) < 4.78 is 37.6. The van der Waals surface area contributed by atoms with Gasteiger partial charge in [-0.1, -0.05) is 12.1 Å². The molecule has 0 bridgehead atoms. The lowest BCUT2D eigenvalue weighted by Gasteiger charge is -2.13. The summed E-state index contributed by atoms with van der Waals surface area (Å²) in [4.78, 5) is 26.3. The zero-order valence-corrected chi connectivity index (χ0v) is 19.3.